The number of amides is 1. The molecule has 1 amide bonds. The van der Waals surface area contributed by atoms with Gasteiger partial charge in [0.05, 0.1) is 10.5 Å². The fourth-order valence-electron chi connectivity index (χ4n) is 3.59. The lowest BCUT2D eigenvalue weighted by atomic mass is 10.1. The number of piperazine rings is 1. The van der Waals surface area contributed by atoms with Gasteiger partial charge in [-0.1, -0.05) is 12.1 Å². The van der Waals surface area contributed by atoms with Crippen LogP contribution in [0.5, 0.6) is 0 Å². The number of carbonyl (C=O) groups excluding carboxylic acids is 1. The van der Waals surface area contributed by atoms with E-state index in [1.165, 1.54) is 18.2 Å². The molecule has 1 aliphatic rings. The topological polar surface area (TPSA) is 104 Å². The Kier molecular flexibility index (Phi) is 6.66. The van der Waals surface area contributed by atoms with Gasteiger partial charge in [0.15, 0.2) is 10.9 Å². The first-order chi connectivity index (χ1) is 15.9. The van der Waals surface area contributed by atoms with Crippen molar-refractivity contribution in [2.75, 3.05) is 43.4 Å². The number of rotatable bonds is 5. The fraction of sp³-hybridized carbons (Fsp3) is 0.217. The molecule has 3 aromatic rings. The number of benzene rings is 2. The molecule has 0 bridgehead atoms. The number of nitrogens with one attached hydrogen (secondary N) is 2. The lowest BCUT2D eigenvalue weighted by Crippen LogP contribution is -2.44. The molecule has 0 radical (unpaired) electrons. The van der Waals surface area contributed by atoms with Gasteiger partial charge in [-0.05, 0) is 61.7 Å². The third-order valence-electron chi connectivity index (χ3n) is 5.42. The van der Waals surface area contributed by atoms with Gasteiger partial charge in [0, 0.05) is 43.6 Å². The van der Waals surface area contributed by atoms with Crippen molar-refractivity contribution in [3.05, 3.63) is 76.5 Å². The number of nitrogens with zero attached hydrogens (tertiary/aromatic N) is 3. The first-order valence-electron chi connectivity index (χ1n) is 10.4. The van der Waals surface area contributed by atoms with E-state index in [4.69, 9.17) is 16.6 Å². The summed E-state index contributed by atoms with van der Waals surface area (Å²) in [4.78, 5) is 27.9. The van der Waals surface area contributed by atoms with Gasteiger partial charge < -0.3 is 19.5 Å². The first kappa shape index (κ1) is 22.4. The number of nitro groups is 1. The van der Waals surface area contributed by atoms with E-state index in [1.54, 1.807) is 18.2 Å². The zero-order chi connectivity index (χ0) is 23.4. The summed E-state index contributed by atoms with van der Waals surface area (Å²) in [7, 11) is 2.12. The van der Waals surface area contributed by atoms with Crippen LogP contribution >= 0.6 is 12.2 Å². The van der Waals surface area contributed by atoms with Crippen molar-refractivity contribution in [1.82, 2.24) is 10.2 Å². The molecule has 9 nitrogen and oxygen atoms in total. The van der Waals surface area contributed by atoms with Crippen LogP contribution in [0.1, 0.15) is 10.6 Å². The molecule has 0 atom stereocenters. The van der Waals surface area contributed by atoms with E-state index in [9.17, 15) is 14.9 Å². The van der Waals surface area contributed by atoms with Crippen LogP contribution in [-0.4, -0.2) is 54.1 Å². The number of anilines is 2. The number of thiocarbonyl (C=S) groups is 1. The van der Waals surface area contributed by atoms with Crippen LogP contribution in [0.3, 0.4) is 0 Å². The molecule has 10 heteroatoms. The molecule has 0 aliphatic carbocycles. The molecule has 0 spiro atoms. The average Bonchev–Trinajstić information content (AvgIpc) is 3.30. The van der Waals surface area contributed by atoms with Crippen molar-refractivity contribution >= 4 is 40.3 Å². The minimum Gasteiger partial charge on any atom is -0.451 e. The standard InChI is InChI=1S/C23H23N5O4S/c1-26-12-14-27(15-13-26)17-8-6-16(7-9-17)24-23(33)25-22(29)21-11-10-20(32-21)18-4-2-3-5-19(18)28(30)31/h2-11H,12-15H2,1H3,(H2,24,25,29,33). The Morgan fingerprint density at radius 3 is 2.42 bits per heavy atom. The van der Waals surface area contributed by atoms with Crippen LogP contribution in [0.25, 0.3) is 11.3 Å². The number of furan rings is 1. The third kappa shape index (κ3) is 5.36. The van der Waals surface area contributed by atoms with Gasteiger partial charge >= 0.3 is 0 Å². The molecule has 2 heterocycles. The first-order valence-corrected chi connectivity index (χ1v) is 10.8. The van der Waals surface area contributed by atoms with Crippen molar-refractivity contribution in [1.29, 1.82) is 0 Å². The molecule has 1 aliphatic heterocycles. The van der Waals surface area contributed by atoms with Gasteiger partial charge in [0.2, 0.25) is 0 Å². The summed E-state index contributed by atoms with van der Waals surface area (Å²) in [5, 5.41) is 16.9. The average molecular weight is 466 g/mol. The highest BCUT2D eigenvalue weighted by Crippen LogP contribution is 2.30. The predicted octanol–water partition coefficient (Wildman–Crippen LogP) is 3.73. The number of nitro benzene ring substituents is 1. The van der Waals surface area contributed by atoms with E-state index in [0.717, 1.165) is 37.6 Å². The van der Waals surface area contributed by atoms with Crippen molar-refractivity contribution in [3.8, 4) is 11.3 Å². The van der Waals surface area contributed by atoms with E-state index in [1.807, 2.05) is 24.3 Å². The molecule has 1 aromatic heterocycles. The number of hydrogen-bond acceptors (Lipinski definition) is 7. The molecule has 33 heavy (non-hydrogen) atoms. The van der Waals surface area contributed by atoms with Gasteiger partial charge in [0.25, 0.3) is 11.6 Å². The summed E-state index contributed by atoms with van der Waals surface area (Å²) < 4.78 is 5.55. The van der Waals surface area contributed by atoms with Crippen molar-refractivity contribution in [2.45, 2.75) is 0 Å². The van der Waals surface area contributed by atoms with Crippen LogP contribution in [0.15, 0.2) is 65.1 Å². The molecule has 170 valence electrons. The highest BCUT2D eigenvalue weighted by molar-refractivity contribution is 7.80. The molecule has 0 saturated carbocycles. The Labute approximate surface area is 196 Å². The highest BCUT2D eigenvalue weighted by atomic mass is 32.1. The Balaban J connectivity index is 1.36. The van der Waals surface area contributed by atoms with E-state index in [-0.39, 0.29) is 22.3 Å². The molecule has 2 aromatic carbocycles. The summed E-state index contributed by atoms with van der Waals surface area (Å²) >= 11 is 5.25. The van der Waals surface area contributed by atoms with Gasteiger partial charge in [-0.15, -0.1) is 0 Å². The van der Waals surface area contributed by atoms with Crippen LogP contribution in [0.4, 0.5) is 17.1 Å². The second kappa shape index (κ2) is 9.80. The maximum atomic E-state index is 12.5. The summed E-state index contributed by atoms with van der Waals surface area (Å²) in [6.07, 6.45) is 0. The van der Waals surface area contributed by atoms with Gasteiger partial charge in [-0.2, -0.15) is 0 Å². The minimum absolute atomic E-state index is 0.00212. The van der Waals surface area contributed by atoms with E-state index in [0.29, 0.717) is 5.56 Å². The van der Waals surface area contributed by atoms with E-state index < -0.39 is 10.8 Å². The van der Waals surface area contributed by atoms with Crippen molar-refractivity contribution in [2.24, 2.45) is 0 Å². The molecule has 1 fully saturated rings. The lowest BCUT2D eigenvalue weighted by molar-refractivity contribution is -0.384. The molecular weight excluding hydrogens is 442 g/mol. The zero-order valence-corrected chi connectivity index (χ0v) is 18.8. The molecular formula is C23H23N5O4S. The Morgan fingerprint density at radius 2 is 1.73 bits per heavy atom. The maximum absolute atomic E-state index is 12.5. The summed E-state index contributed by atoms with van der Waals surface area (Å²) in [6.45, 7) is 4.02. The van der Waals surface area contributed by atoms with Gasteiger partial charge in [-0.3, -0.25) is 20.2 Å². The van der Waals surface area contributed by atoms with Crippen LogP contribution in [0.2, 0.25) is 0 Å². The predicted molar refractivity (Wildman–Crippen MR) is 131 cm³/mol. The fourth-order valence-corrected chi connectivity index (χ4v) is 3.80. The SMILES string of the molecule is CN1CCN(c2ccc(NC(=S)NC(=O)c3ccc(-c4ccccc4[N+](=O)[O-])o3)cc2)CC1. The number of para-hydroxylation sites is 1. The zero-order valence-electron chi connectivity index (χ0n) is 18.0. The highest BCUT2D eigenvalue weighted by Gasteiger charge is 2.20. The second-order valence-electron chi connectivity index (χ2n) is 7.68. The van der Waals surface area contributed by atoms with Crippen LogP contribution in [-0.2, 0) is 0 Å². The largest absolute Gasteiger partial charge is 0.451 e. The smallest absolute Gasteiger partial charge is 0.293 e. The maximum Gasteiger partial charge on any atom is 0.293 e. The normalized spacial score (nSPS) is 14.0. The van der Waals surface area contributed by atoms with Gasteiger partial charge in [0.1, 0.15) is 5.76 Å². The number of likely N-dealkylation sites (N-methyl/N-ethyl adjacent to an activating group) is 1. The van der Waals surface area contributed by atoms with Crippen LogP contribution in [0, 0.1) is 10.1 Å². The lowest BCUT2D eigenvalue weighted by Gasteiger charge is -2.34. The summed E-state index contributed by atoms with van der Waals surface area (Å²) in [5.74, 6) is -0.324. The minimum atomic E-state index is -0.550. The van der Waals surface area contributed by atoms with E-state index in [2.05, 4.69) is 27.5 Å². The molecule has 4 rings (SSSR count). The molecule has 2 N–H and O–H groups in total. The van der Waals surface area contributed by atoms with Gasteiger partial charge in [-0.25, -0.2) is 0 Å². The monoisotopic (exact) mass is 465 g/mol. The summed E-state index contributed by atoms with van der Waals surface area (Å²) in [5.41, 5.74) is 2.08. The summed E-state index contributed by atoms with van der Waals surface area (Å²) in [6, 6.07) is 17.0. The number of hydrogen-bond donors (Lipinski definition) is 2. The van der Waals surface area contributed by atoms with E-state index >= 15 is 0 Å². The Hall–Kier alpha value is -3.76. The van der Waals surface area contributed by atoms with Crippen molar-refractivity contribution < 1.29 is 14.1 Å². The Bertz CT molecular complexity index is 1170. The molecule has 0 unspecified atom stereocenters. The Morgan fingerprint density at radius 1 is 1.03 bits per heavy atom. The van der Waals surface area contributed by atoms with Crippen molar-refractivity contribution in [3.63, 3.8) is 0 Å². The quantitative estimate of drug-likeness (QED) is 0.334. The van der Waals surface area contributed by atoms with Crippen LogP contribution < -0.4 is 15.5 Å². The third-order valence-corrected chi connectivity index (χ3v) is 5.62. The second-order valence-corrected chi connectivity index (χ2v) is 8.09. The number of carbonyl (C=O) groups is 1. The molecule has 1 saturated heterocycles.